The number of hydrogen-bond donors (Lipinski definition) is 2. The molecule has 0 saturated carbocycles. The van der Waals surface area contributed by atoms with Crippen LogP contribution in [0.5, 0.6) is 34.5 Å². The molecule has 0 spiro atoms. The number of nitro benzene ring substituents is 1. The molecular weight excluding hydrogens is 654 g/mol. The molecule has 3 aromatic rings. The smallest absolute Gasteiger partial charge is 0.341 e. The molecule has 0 radical (unpaired) electrons. The third-order valence-corrected chi connectivity index (χ3v) is 7.61. The summed E-state index contributed by atoms with van der Waals surface area (Å²) in [5.74, 6) is -2.10. The van der Waals surface area contributed by atoms with Crippen LogP contribution >= 0.6 is 0 Å². The lowest BCUT2D eigenvalue weighted by molar-refractivity contribution is -0.385. The molecule has 0 aromatic heterocycles. The number of anilines is 2. The van der Waals surface area contributed by atoms with Crippen molar-refractivity contribution in [2.75, 3.05) is 59.9 Å². The fraction of sp³-hybridized carbons (Fsp3) is 0.400. The fourth-order valence-corrected chi connectivity index (χ4v) is 5.14. The van der Waals surface area contributed by atoms with E-state index in [4.69, 9.17) is 33.2 Å². The van der Waals surface area contributed by atoms with Crippen LogP contribution < -0.4 is 39.1 Å². The number of benzene rings is 3. The van der Waals surface area contributed by atoms with Crippen molar-refractivity contribution in [3.8, 4) is 34.5 Å². The number of rotatable bonds is 19. The van der Waals surface area contributed by atoms with Crippen molar-refractivity contribution in [2.24, 2.45) is 0 Å². The first-order valence-corrected chi connectivity index (χ1v) is 15.8. The largest absolute Gasteiger partial charge is 0.497 e. The first kappa shape index (κ1) is 38.7. The molecule has 15 nitrogen and oxygen atoms in total. The Kier molecular flexibility index (Phi) is 14.5. The number of nitro groups is 1. The molecule has 0 saturated heterocycles. The highest BCUT2D eigenvalue weighted by Gasteiger charge is 2.28. The topological polar surface area (TPSA) is 183 Å². The van der Waals surface area contributed by atoms with Crippen LogP contribution in [0.1, 0.15) is 76.5 Å². The van der Waals surface area contributed by atoms with Crippen molar-refractivity contribution in [2.45, 2.75) is 45.4 Å². The second-order valence-corrected chi connectivity index (χ2v) is 10.8. The maximum absolute atomic E-state index is 14.0. The highest BCUT2D eigenvalue weighted by molar-refractivity contribution is 6.12. The predicted octanol–water partition coefficient (Wildman–Crippen LogP) is 6.67. The molecule has 0 unspecified atom stereocenters. The minimum atomic E-state index is -0.821. The minimum Gasteiger partial charge on any atom is -0.497 e. The van der Waals surface area contributed by atoms with E-state index >= 15 is 0 Å². The third-order valence-electron chi connectivity index (χ3n) is 7.61. The highest BCUT2D eigenvalue weighted by atomic mass is 16.6. The van der Waals surface area contributed by atoms with Crippen LogP contribution in [0.2, 0.25) is 0 Å². The Morgan fingerprint density at radius 2 is 1.10 bits per heavy atom. The lowest BCUT2D eigenvalue weighted by Gasteiger charge is -2.19. The van der Waals surface area contributed by atoms with Gasteiger partial charge in [-0.05, 0) is 24.6 Å². The van der Waals surface area contributed by atoms with Gasteiger partial charge in [0.25, 0.3) is 11.8 Å². The van der Waals surface area contributed by atoms with Crippen molar-refractivity contribution < 1.29 is 52.5 Å². The standard InChI is InChI=1S/C35H43N3O12/c1-8-9-10-11-12-13-14-50-23-17-24(33(39)36-27-18-21(44-2)16-26(31(27)47-5)35(41)49-7)30(46-4)28(19-23)37-34(40)25-15-22(45-3)20-29(38(42)43)32(25)48-6/h15-20H,8-14H2,1-7H3,(H,36,39)(H,37,40). The fourth-order valence-electron chi connectivity index (χ4n) is 5.14. The third kappa shape index (κ3) is 9.45. The zero-order valence-electron chi connectivity index (χ0n) is 29.3. The summed E-state index contributed by atoms with van der Waals surface area (Å²) >= 11 is 0. The zero-order valence-corrected chi connectivity index (χ0v) is 29.3. The Bertz CT molecular complexity index is 1690. The molecule has 0 atom stereocenters. The number of nitrogens with zero attached hydrogens (tertiary/aromatic N) is 1. The molecule has 0 aliphatic rings. The van der Waals surface area contributed by atoms with Crippen molar-refractivity contribution in [1.82, 2.24) is 0 Å². The molecule has 2 N–H and O–H groups in total. The zero-order chi connectivity index (χ0) is 36.8. The summed E-state index contributed by atoms with van der Waals surface area (Å²) in [5.41, 5.74) is -0.654. The summed E-state index contributed by atoms with van der Waals surface area (Å²) < 4.78 is 37.7. The van der Waals surface area contributed by atoms with Gasteiger partial charge in [-0.15, -0.1) is 0 Å². The number of amides is 2. The van der Waals surface area contributed by atoms with Crippen LogP contribution in [0.3, 0.4) is 0 Å². The second kappa shape index (κ2) is 18.7. The average Bonchev–Trinajstić information content (AvgIpc) is 3.12. The summed E-state index contributed by atoms with van der Waals surface area (Å²) in [6, 6.07) is 8.21. The Morgan fingerprint density at radius 1 is 0.620 bits per heavy atom. The highest BCUT2D eigenvalue weighted by Crippen LogP contribution is 2.40. The number of carbonyl (C=O) groups excluding carboxylic acids is 3. The van der Waals surface area contributed by atoms with E-state index in [9.17, 15) is 24.5 Å². The lowest BCUT2D eigenvalue weighted by Crippen LogP contribution is -2.19. The van der Waals surface area contributed by atoms with Crippen LogP contribution in [0.4, 0.5) is 17.1 Å². The molecule has 0 aliphatic carbocycles. The van der Waals surface area contributed by atoms with Gasteiger partial charge < -0.3 is 43.8 Å². The molecule has 2 amide bonds. The van der Waals surface area contributed by atoms with Gasteiger partial charge in [0.1, 0.15) is 22.8 Å². The van der Waals surface area contributed by atoms with Gasteiger partial charge in [0, 0.05) is 12.1 Å². The number of ether oxygens (including phenoxy) is 7. The van der Waals surface area contributed by atoms with Gasteiger partial charge in [0.05, 0.1) is 82.8 Å². The SMILES string of the molecule is CCCCCCCCOc1cc(NC(=O)c2cc(OC)cc([N+](=O)[O-])c2OC)c(OC)c(C(=O)Nc2cc(OC)cc(C(=O)OC)c2OC)c1. The van der Waals surface area contributed by atoms with Crippen molar-refractivity contribution in [3.63, 3.8) is 0 Å². The molecule has 3 aromatic carbocycles. The first-order chi connectivity index (χ1) is 24.1. The van der Waals surface area contributed by atoms with E-state index in [2.05, 4.69) is 17.6 Å². The predicted molar refractivity (Wildman–Crippen MR) is 185 cm³/mol. The molecule has 0 aliphatic heterocycles. The number of carbonyl (C=O) groups is 3. The van der Waals surface area contributed by atoms with Gasteiger partial charge in [0.15, 0.2) is 11.5 Å². The number of hydrogen-bond acceptors (Lipinski definition) is 12. The molecule has 270 valence electrons. The maximum atomic E-state index is 14.0. The Labute approximate surface area is 290 Å². The van der Waals surface area contributed by atoms with Gasteiger partial charge in [-0.1, -0.05) is 39.0 Å². The van der Waals surface area contributed by atoms with E-state index in [-0.39, 0.29) is 62.6 Å². The van der Waals surface area contributed by atoms with E-state index < -0.39 is 28.4 Å². The van der Waals surface area contributed by atoms with E-state index in [0.29, 0.717) is 6.61 Å². The molecular formula is C35H43N3O12. The van der Waals surface area contributed by atoms with Crippen LogP contribution in [-0.4, -0.2) is 72.0 Å². The molecule has 3 rings (SSSR count). The van der Waals surface area contributed by atoms with Crippen molar-refractivity contribution >= 4 is 34.8 Å². The van der Waals surface area contributed by atoms with E-state index in [1.54, 1.807) is 0 Å². The molecule has 50 heavy (non-hydrogen) atoms. The van der Waals surface area contributed by atoms with Gasteiger partial charge in [-0.3, -0.25) is 19.7 Å². The molecule has 0 heterocycles. The Balaban J connectivity index is 2.10. The first-order valence-electron chi connectivity index (χ1n) is 15.8. The molecule has 0 fully saturated rings. The van der Waals surface area contributed by atoms with Gasteiger partial charge in [0.2, 0.25) is 5.75 Å². The van der Waals surface area contributed by atoms with Gasteiger partial charge >= 0.3 is 11.7 Å². The van der Waals surface area contributed by atoms with Crippen LogP contribution in [0.25, 0.3) is 0 Å². The summed E-state index contributed by atoms with van der Waals surface area (Å²) in [7, 11) is 7.73. The van der Waals surface area contributed by atoms with E-state index in [1.165, 1.54) is 73.0 Å². The van der Waals surface area contributed by atoms with Crippen LogP contribution in [0.15, 0.2) is 36.4 Å². The summed E-state index contributed by atoms with van der Waals surface area (Å²) in [4.78, 5) is 51.3. The normalized spacial score (nSPS) is 10.5. The van der Waals surface area contributed by atoms with Crippen LogP contribution in [0, 0.1) is 10.1 Å². The number of esters is 1. The van der Waals surface area contributed by atoms with Crippen molar-refractivity contribution in [1.29, 1.82) is 0 Å². The average molecular weight is 698 g/mol. The van der Waals surface area contributed by atoms with Crippen molar-refractivity contribution in [3.05, 3.63) is 63.2 Å². The number of unbranched alkanes of at least 4 members (excludes halogenated alkanes) is 5. The number of methoxy groups -OCH3 is 6. The molecule has 0 bridgehead atoms. The van der Waals surface area contributed by atoms with E-state index in [1.807, 2.05) is 0 Å². The van der Waals surface area contributed by atoms with Gasteiger partial charge in [-0.25, -0.2) is 4.79 Å². The Hall–Kier alpha value is -5.73. The van der Waals surface area contributed by atoms with E-state index in [0.717, 1.165) is 44.6 Å². The number of nitrogens with one attached hydrogen (secondary N) is 2. The second-order valence-electron chi connectivity index (χ2n) is 10.8. The summed E-state index contributed by atoms with van der Waals surface area (Å²) in [5, 5.41) is 17.2. The summed E-state index contributed by atoms with van der Waals surface area (Å²) in [6.07, 6.45) is 6.15. The molecule has 15 heteroatoms. The maximum Gasteiger partial charge on any atom is 0.341 e. The van der Waals surface area contributed by atoms with Gasteiger partial charge in [-0.2, -0.15) is 0 Å². The van der Waals surface area contributed by atoms with Crippen LogP contribution in [-0.2, 0) is 4.74 Å². The monoisotopic (exact) mass is 697 g/mol. The quantitative estimate of drug-likeness (QED) is 0.0588. The minimum absolute atomic E-state index is 0.00178. The summed E-state index contributed by atoms with van der Waals surface area (Å²) in [6.45, 7) is 2.47. The lowest BCUT2D eigenvalue weighted by atomic mass is 10.1. The Morgan fingerprint density at radius 3 is 1.64 bits per heavy atom.